The Morgan fingerprint density at radius 2 is 1.73 bits per heavy atom. The van der Waals surface area contributed by atoms with Crippen molar-refractivity contribution in [2.24, 2.45) is 0 Å². The van der Waals surface area contributed by atoms with Crippen LogP contribution < -0.4 is 0 Å². The SMILES string of the molecule is C=C(CCC)/C(C)=C(/C=C(\C)C(C)(C)F)C(=O)OCC.CC. The largest absolute Gasteiger partial charge is 0.462 e. The third-order valence-electron chi connectivity index (χ3n) is 3.28. The topological polar surface area (TPSA) is 26.3 Å². The Kier molecular flexibility index (Phi) is 11.7. The number of carbonyl (C=O) groups excluding carboxylic acids is 1. The molecule has 22 heavy (non-hydrogen) atoms. The molecule has 0 saturated heterocycles. The fraction of sp³-hybridized carbons (Fsp3) is 0.632. The highest BCUT2D eigenvalue weighted by atomic mass is 19.1. The number of rotatable bonds is 7. The monoisotopic (exact) mass is 312 g/mol. The zero-order chi connectivity index (χ0) is 17.9. The molecule has 3 heteroatoms. The summed E-state index contributed by atoms with van der Waals surface area (Å²) in [6, 6.07) is 0. The zero-order valence-corrected chi connectivity index (χ0v) is 15.6. The Balaban J connectivity index is 0. The quantitative estimate of drug-likeness (QED) is 0.330. The zero-order valence-electron chi connectivity index (χ0n) is 15.6. The molecule has 0 unspecified atom stereocenters. The first kappa shape index (κ1) is 22.9. The minimum Gasteiger partial charge on any atom is -0.462 e. The summed E-state index contributed by atoms with van der Waals surface area (Å²) < 4.78 is 19.0. The number of halogens is 1. The van der Waals surface area contributed by atoms with Crippen molar-refractivity contribution in [2.45, 2.75) is 73.9 Å². The maximum absolute atomic E-state index is 13.9. The molecular formula is C19H33FO2. The smallest absolute Gasteiger partial charge is 0.338 e. The predicted molar refractivity (Wildman–Crippen MR) is 93.7 cm³/mol. The van der Waals surface area contributed by atoms with E-state index in [1.807, 2.05) is 27.7 Å². The van der Waals surface area contributed by atoms with Gasteiger partial charge in [-0.2, -0.15) is 0 Å². The normalized spacial score (nSPS) is 12.9. The highest BCUT2D eigenvalue weighted by Gasteiger charge is 2.21. The van der Waals surface area contributed by atoms with E-state index in [1.165, 1.54) is 13.8 Å². The van der Waals surface area contributed by atoms with Gasteiger partial charge in [-0.3, -0.25) is 0 Å². The first-order valence-corrected chi connectivity index (χ1v) is 8.08. The summed E-state index contributed by atoms with van der Waals surface area (Å²) in [6.07, 6.45) is 3.33. The summed E-state index contributed by atoms with van der Waals surface area (Å²) in [4.78, 5) is 12.1. The number of carbonyl (C=O) groups is 1. The van der Waals surface area contributed by atoms with E-state index < -0.39 is 11.6 Å². The fourth-order valence-electron chi connectivity index (χ4n) is 1.60. The molecule has 0 aliphatic heterocycles. The highest BCUT2D eigenvalue weighted by molar-refractivity contribution is 5.93. The van der Waals surface area contributed by atoms with Gasteiger partial charge in [-0.05, 0) is 58.3 Å². The van der Waals surface area contributed by atoms with Crippen LogP contribution in [-0.4, -0.2) is 18.2 Å². The van der Waals surface area contributed by atoms with Crippen LogP contribution in [-0.2, 0) is 9.53 Å². The number of ether oxygens (including phenoxy) is 1. The van der Waals surface area contributed by atoms with Crippen molar-refractivity contribution in [3.63, 3.8) is 0 Å². The standard InChI is InChI=1S/C17H27FO2.C2H6/c1-8-10-12(3)14(5)15(16(19)20-9-2)11-13(4)17(6,7)18;1-2/h11H,3,8-10H2,1-2,4-7H3;1-2H3/b13-11+,15-14-;. The first-order chi connectivity index (χ1) is 10.1. The molecule has 0 heterocycles. The van der Waals surface area contributed by atoms with E-state index in [9.17, 15) is 9.18 Å². The highest BCUT2D eigenvalue weighted by Crippen LogP contribution is 2.25. The second-order valence-electron chi connectivity index (χ2n) is 5.41. The Labute approximate surface area is 136 Å². The molecule has 0 aromatic carbocycles. The number of allylic oxidation sites excluding steroid dienone is 3. The molecule has 0 aromatic rings. The molecule has 0 amide bonds. The third kappa shape index (κ3) is 8.16. The number of alkyl halides is 1. The summed E-state index contributed by atoms with van der Waals surface area (Å²) in [7, 11) is 0. The van der Waals surface area contributed by atoms with Gasteiger partial charge < -0.3 is 4.74 Å². The van der Waals surface area contributed by atoms with E-state index >= 15 is 0 Å². The molecular weight excluding hydrogens is 279 g/mol. The number of esters is 1. The molecule has 0 rings (SSSR count). The summed E-state index contributed by atoms with van der Waals surface area (Å²) in [6.45, 7) is 18.5. The Hall–Kier alpha value is -1.38. The molecule has 0 saturated carbocycles. The van der Waals surface area contributed by atoms with Gasteiger partial charge in [-0.1, -0.05) is 39.3 Å². The van der Waals surface area contributed by atoms with Gasteiger partial charge in [0.1, 0.15) is 5.67 Å². The molecule has 0 spiro atoms. The van der Waals surface area contributed by atoms with Crippen LogP contribution in [0.15, 0.2) is 34.9 Å². The van der Waals surface area contributed by atoms with Crippen LogP contribution >= 0.6 is 0 Å². The average molecular weight is 312 g/mol. The van der Waals surface area contributed by atoms with Gasteiger partial charge in [0.25, 0.3) is 0 Å². The summed E-state index contributed by atoms with van der Waals surface area (Å²) in [5.74, 6) is -0.425. The summed E-state index contributed by atoms with van der Waals surface area (Å²) in [5.41, 5.74) is 1.08. The van der Waals surface area contributed by atoms with E-state index in [0.717, 1.165) is 24.0 Å². The second kappa shape index (κ2) is 11.2. The van der Waals surface area contributed by atoms with Crippen molar-refractivity contribution in [2.75, 3.05) is 6.61 Å². The van der Waals surface area contributed by atoms with E-state index in [2.05, 4.69) is 6.58 Å². The van der Waals surface area contributed by atoms with Crippen LogP contribution in [0, 0.1) is 0 Å². The van der Waals surface area contributed by atoms with E-state index in [4.69, 9.17) is 4.74 Å². The predicted octanol–water partition coefficient (Wildman–Crippen LogP) is 5.94. The van der Waals surface area contributed by atoms with Crippen LogP contribution in [0.1, 0.15) is 68.2 Å². The lowest BCUT2D eigenvalue weighted by molar-refractivity contribution is -0.138. The van der Waals surface area contributed by atoms with Gasteiger partial charge in [0, 0.05) is 0 Å². The molecule has 0 aliphatic carbocycles. The van der Waals surface area contributed by atoms with E-state index in [-0.39, 0.29) is 0 Å². The van der Waals surface area contributed by atoms with Gasteiger partial charge in [0.05, 0.1) is 12.2 Å². The first-order valence-electron chi connectivity index (χ1n) is 8.08. The maximum atomic E-state index is 13.9. The van der Waals surface area contributed by atoms with Crippen molar-refractivity contribution < 1.29 is 13.9 Å². The fourth-order valence-corrected chi connectivity index (χ4v) is 1.60. The molecule has 0 aliphatic rings. The van der Waals surface area contributed by atoms with Gasteiger partial charge in [-0.25, -0.2) is 9.18 Å². The molecule has 0 radical (unpaired) electrons. The molecule has 0 aromatic heterocycles. The van der Waals surface area contributed by atoms with Crippen LogP contribution in [0.25, 0.3) is 0 Å². The van der Waals surface area contributed by atoms with E-state index in [1.54, 1.807) is 19.9 Å². The van der Waals surface area contributed by atoms with Gasteiger partial charge >= 0.3 is 5.97 Å². The number of hydrogen-bond donors (Lipinski definition) is 0. The minimum atomic E-state index is -1.47. The molecule has 0 N–H and O–H groups in total. The van der Waals surface area contributed by atoms with Crippen LogP contribution in [0.4, 0.5) is 4.39 Å². The van der Waals surface area contributed by atoms with Crippen LogP contribution in [0.2, 0.25) is 0 Å². The van der Waals surface area contributed by atoms with Crippen molar-refractivity contribution >= 4 is 5.97 Å². The third-order valence-corrected chi connectivity index (χ3v) is 3.28. The molecule has 0 fully saturated rings. The Morgan fingerprint density at radius 3 is 2.09 bits per heavy atom. The van der Waals surface area contributed by atoms with Crippen molar-refractivity contribution in [3.8, 4) is 0 Å². The second-order valence-corrected chi connectivity index (χ2v) is 5.41. The summed E-state index contributed by atoms with van der Waals surface area (Å²) in [5, 5.41) is 0. The molecule has 0 bridgehead atoms. The number of hydrogen-bond acceptors (Lipinski definition) is 2. The molecule has 0 atom stereocenters. The maximum Gasteiger partial charge on any atom is 0.338 e. The summed E-state index contributed by atoms with van der Waals surface area (Å²) >= 11 is 0. The van der Waals surface area contributed by atoms with Crippen molar-refractivity contribution in [1.29, 1.82) is 0 Å². The molecule has 128 valence electrons. The van der Waals surface area contributed by atoms with Crippen LogP contribution in [0.3, 0.4) is 0 Å². The van der Waals surface area contributed by atoms with Gasteiger partial charge in [0.15, 0.2) is 0 Å². The Morgan fingerprint density at radius 1 is 1.23 bits per heavy atom. The molecule has 2 nitrogen and oxygen atoms in total. The lowest BCUT2D eigenvalue weighted by Gasteiger charge is -2.17. The minimum absolute atomic E-state index is 0.293. The van der Waals surface area contributed by atoms with Crippen molar-refractivity contribution in [1.82, 2.24) is 0 Å². The average Bonchev–Trinajstić information content (AvgIpc) is 2.45. The van der Waals surface area contributed by atoms with Gasteiger partial charge in [-0.15, -0.1) is 0 Å². The lowest BCUT2D eigenvalue weighted by atomic mass is 9.94. The van der Waals surface area contributed by atoms with E-state index in [0.29, 0.717) is 17.8 Å². The van der Waals surface area contributed by atoms with Gasteiger partial charge in [0.2, 0.25) is 0 Å². The Bertz CT molecular complexity index is 423. The van der Waals surface area contributed by atoms with Crippen LogP contribution in [0.5, 0.6) is 0 Å². The van der Waals surface area contributed by atoms with Crippen molar-refractivity contribution in [3.05, 3.63) is 34.9 Å². The lowest BCUT2D eigenvalue weighted by Crippen LogP contribution is -2.16.